The molecule has 152 valence electrons. The van der Waals surface area contributed by atoms with Crippen LogP contribution in [-0.4, -0.2) is 90.0 Å². The number of piperidine rings is 1. The van der Waals surface area contributed by atoms with Crippen molar-refractivity contribution in [3.05, 3.63) is 11.8 Å². The lowest BCUT2D eigenvalue weighted by atomic mass is 10.0. The minimum atomic E-state index is -3.40. The molecule has 2 aliphatic heterocycles. The van der Waals surface area contributed by atoms with Crippen LogP contribution in [0, 0.1) is 6.92 Å². The Kier molecular flexibility index (Phi) is 5.90. The van der Waals surface area contributed by atoms with E-state index in [-0.39, 0.29) is 11.9 Å². The van der Waals surface area contributed by atoms with Gasteiger partial charge in [0.1, 0.15) is 5.82 Å². The van der Waals surface area contributed by atoms with Crippen LogP contribution in [0.25, 0.3) is 0 Å². The maximum atomic E-state index is 13.1. The second-order valence-electron chi connectivity index (χ2n) is 7.27. The van der Waals surface area contributed by atoms with Crippen molar-refractivity contribution in [1.82, 2.24) is 23.3 Å². The average Bonchev–Trinajstić information content (AvgIpc) is 2.99. The number of carbonyl (C=O) groups excluding carboxylic acids is 1. The zero-order valence-corrected chi connectivity index (χ0v) is 17.4. The molecule has 0 aliphatic carbocycles. The second kappa shape index (κ2) is 7.86. The Bertz CT molecular complexity index is 785. The molecule has 2 saturated heterocycles. The van der Waals surface area contributed by atoms with E-state index in [2.05, 4.69) is 10.00 Å². The smallest absolute Gasteiger partial charge is 0.281 e. The van der Waals surface area contributed by atoms with Crippen molar-refractivity contribution in [2.75, 3.05) is 51.2 Å². The van der Waals surface area contributed by atoms with Gasteiger partial charge < -0.3 is 0 Å². The van der Waals surface area contributed by atoms with Crippen molar-refractivity contribution in [2.24, 2.45) is 7.05 Å². The fraction of sp³-hybridized carbons (Fsp3) is 0.765. The monoisotopic (exact) mass is 398 g/mol. The molecule has 2 aliphatic rings. The number of amides is 1. The summed E-state index contributed by atoms with van der Waals surface area (Å²) in [6.45, 7) is 6.87. The van der Waals surface area contributed by atoms with Gasteiger partial charge >= 0.3 is 0 Å². The molecule has 0 unspecified atom stereocenters. The second-order valence-corrected chi connectivity index (χ2v) is 9.31. The Balaban J connectivity index is 1.67. The molecule has 0 spiro atoms. The van der Waals surface area contributed by atoms with Gasteiger partial charge in [0, 0.05) is 59.4 Å². The number of piperazine rings is 1. The third-order valence-electron chi connectivity index (χ3n) is 5.54. The van der Waals surface area contributed by atoms with E-state index in [1.165, 1.54) is 8.61 Å². The minimum absolute atomic E-state index is 0.0891. The summed E-state index contributed by atoms with van der Waals surface area (Å²) in [6.07, 6.45) is 1.74. The fourth-order valence-electron chi connectivity index (χ4n) is 3.88. The molecule has 9 nitrogen and oxygen atoms in total. The van der Waals surface area contributed by atoms with Crippen molar-refractivity contribution in [3.8, 4) is 0 Å². The van der Waals surface area contributed by atoms with Gasteiger partial charge in [-0.2, -0.15) is 22.1 Å². The highest BCUT2D eigenvalue weighted by Crippen LogP contribution is 2.25. The van der Waals surface area contributed by atoms with Gasteiger partial charge in [-0.25, -0.2) is 0 Å². The Morgan fingerprint density at radius 3 is 2.44 bits per heavy atom. The third kappa shape index (κ3) is 3.89. The molecule has 1 atom stereocenters. The first kappa shape index (κ1) is 20.2. The number of nitrogens with zero attached hydrogens (tertiary/aromatic N) is 6. The first-order chi connectivity index (χ1) is 12.8. The average molecular weight is 399 g/mol. The minimum Gasteiger partial charge on any atom is -0.296 e. The first-order valence-electron chi connectivity index (χ1n) is 9.53. The summed E-state index contributed by atoms with van der Waals surface area (Å²) in [5, 5.41) is 4.35. The van der Waals surface area contributed by atoms with Gasteiger partial charge in [-0.15, -0.1) is 0 Å². The molecule has 3 rings (SSSR count). The van der Waals surface area contributed by atoms with E-state index in [9.17, 15) is 13.2 Å². The van der Waals surface area contributed by atoms with Crippen molar-refractivity contribution in [3.63, 3.8) is 0 Å². The highest BCUT2D eigenvalue weighted by molar-refractivity contribution is 7.86. The molecule has 0 radical (unpaired) electrons. The number of carbonyl (C=O) groups is 1. The zero-order valence-electron chi connectivity index (χ0n) is 16.6. The van der Waals surface area contributed by atoms with Crippen LogP contribution in [0.15, 0.2) is 6.07 Å². The van der Waals surface area contributed by atoms with Crippen LogP contribution in [0.2, 0.25) is 0 Å². The maximum Gasteiger partial charge on any atom is 0.281 e. The lowest BCUT2D eigenvalue weighted by Gasteiger charge is -2.42. The summed E-state index contributed by atoms with van der Waals surface area (Å²) >= 11 is 0. The molecule has 0 N–H and O–H groups in total. The van der Waals surface area contributed by atoms with Crippen LogP contribution < -0.4 is 4.90 Å². The summed E-state index contributed by atoms with van der Waals surface area (Å²) in [5.41, 5.74) is 0.890. The molecule has 10 heteroatoms. The molecular weight excluding hydrogens is 368 g/mol. The van der Waals surface area contributed by atoms with Crippen LogP contribution in [0.1, 0.15) is 25.5 Å². The highest BCUT2D eigenvalue weighted by Gasteiger charge is 2.38. The Morgan fingerprint density at radius 1 is 1.22 bits per heavy atom. The quantitative estimate of drug-likeness (QED) is 0.699. The zero-order chi connectivity index (χ0) is 19.8. The Hall–Kier alpha value is -1.49. The Morgan fingerprint density at radius 2 is 1.89 bits per heavy atom. The molecule has 0 saturated carbocycles. The normalized spacial score (nSPS) is 23.4. The van der Waals surface area contributed by atoms with Gasteiger partial charge in [-0.05, 0) is 19.8 Å². The molecule has 1 amide bonds. The fourth-order valence-corrected chi connectivity index (χ4v) is 5.22. The number of anilines is 1. The summed E-state index contributed by atoms with van der Waals surface area (Å²) in [4.78, 5) is 17.1. The van der Waals surface area contributed by atoms with Crippen molar-refractivity contribution in [2.45, 2.75) is 32.7 Å². The van der Waals surface area contributed by atoms with Gasteiger partial charge in [0.05, 0.1) is 11.7 Å². The van der Waals surface area contributed by atoms with E-state index in [1.807, 2.05) is 31.9 Å². The largest absolute Gasteiger partial charge is 0.296 e. The molecule has 1 aromatic heterocycles. The van der Waals surface area contributed by atoms with E-state index in [1.54, 1.807) is 11.7 Å². The molecule has 0 aromatic carbocycles. The Labute approximate surface area is 161 Å². The summed E-state index contributed by atoms with van der Waals surface area (Å²) < 4.78 is 29.6. The standard InChI is InChI=1S/C17H30N6O3S/c1-5-19(3)27(25,26)22-11-9-21(10-12-22)15-7-6-8-23(17(15)24)16-13-14(2)18-20(16)4/h13,15H,5-12H2,1-4H3/t15-/m0/s1. The SMILES string of the molecule is CCN(C)S(=O)(=O)N1CCN([C@H]2CCCN(c3cc(C)nn3C)C2=O)CC1. The third-order valence-corrected chi connectivity index (χ3v) is 7.61. The lowest BCUT2D eigenvalue weighted by molar-refractivity contribution is -0.126. The molecular formula is C17H30N6O3S. The number of hydrogen-bond donors (Lipinski definition) is 0. The first-order valence-corrected chi connectivity index (χ1v) is 10.9. The summed E-state index contributed by atoms with van der Waals surface area (Å²) in [6, 6.07) is 1.74. The molecule has 27 heavy (non-hydrogen) atoms. The molecule has 0 bridgehead atoms. The van der Waals surface area contributed by atoms with Crippen molar-refractivity contribution < 1.29 is 13.2 Å². The van der Waals surface area contributed by atoms with Gasteiger partial charge in [-0.3, -0.25) is 19.3 Å². The summed E-state index contributed by atoms with van der Waals surface area (Å²) in [5.74, 6) is 0.916. The predicted octanol–water partition coefficient (Wildman–Crippen LogP) is 0.0380. The van der Waals surface area contributed by atoms with Gasteiger partial charge in [0.15, 0.2) is 0 Å². The van der Waals surface area contributed by atoms with Gasteiger partial charge in [0.25, 0.3) is 10.2 Å². The van der Waals surface area contributed by atoms with E-state index < -0.39 is 10.2 Å². The van der Waals surface area contributed by atoms with E-state index in [0.29, 0.717) is 39.3 Å². The van der Waals surface area contributed by atoms with Crippen LogP contribution in [0.5, 0.6) is 0 Å². The summed E-state index contributed by atoms with van der Waals surface area (Å²) in [7, 11) is 0.0483. The van der Waals surface area contributed by atoms with Crippen LogP contribution in [0.3, 0.4) is 0 Å². The maximum absolute atomic E-state index is 13.1. The number of hydrogen-bond acceptors (Lipinski definition) is 5. The topological polar surface area (TPSA) is 82.0 Å². The number of aryl methyl sites for hydroxylation is 2. The predicted molar refractivity (Wildman–Crippen MR) is 104 cm³/mol. The lowest BCUT2D eigenvalue weighted by Crippen LogP contribution is -2.59. The van der Waals surface area contributed by atoms with Crippen LogP contribution >= 0.6 is 0 Å². The van der Waals surface area contributed by atoms with Gasteiger partial charge in [0.2, 0.25) is 5.91 Å². The molecule has 3 heterocycles. The number of aromatic nitrogens is 2. The highest BCUT2D eigenvalue weighted by atomic mass is 32.2. The van der Waals surface area contributed by atoms with Crippen LogP contribution in [-0.2, 0) is 22.1 Å². The van der Waals surface area contributed by atoms with E-state index >= 15 is 0 Å². The molecule has 1 aromatic rings. The van der Waals surface area contributed by atoms with E-state index in [4.69, 9.17) is 0 Å². The van der Waals surface area contributed by atoms with E-state index in [0.717, 1.165) is 24.4 Å². The van der Waals surface area contributed by atoms with Crippen molar-refractivity contribution >= 4 is 21.9 Å². The molecule has 2 fully saturated rings. The number of rotatable bonds is 5. The van der Waals surface area contributed by atoms with Crippen LogP contribution in [0.4, 0.5) is 5.82 Å². The van der Waals surface area contributed by atoms with Crippen molar-refractivity contribution in [1.29, 1.82) is 0 Å². The van der Waals surface area contributed by atoms with Gasteiger partial charge in [-0.1, -0.05) is 6.92 Å².